The number of rotatable bonds is 5. The highest BCUT2D eigenvalue weighted by atomic mass is 16.5. The summed E-state index contributed by atoms with van der Waals surface area (Å²) in [7, 11) is 3.16. The van der Waals surface area contributed by atoms with Crippen LogP contribution in [0.4, 0.5) is 5.69 Å². The highest BCUT2D eigenvalue weighted by Crippen LogP contribution is 2.15. The molecule has 0 radical (unpaired) electrons. The first-order valence-corrected chi connectivity index (χ1v) is 7.12. The van der Waals surface area contributed by atoms with Gasteiger partial charge in [0.25, 0.3) is 0 Å². The second-order valence-corrected chi connectivity index (χ2v) is 4.99. The Bertz CT molecular complexity index is 518. The van der Waals surface area contributed by atoms with E-state index in [0.29, 0.717) is 25.4 Å². The number of methoxy groups -OCH3 is 1. The van der Waals surface area contributed by atoms with Crippen LogP contribution >= 0.6 is 0 Å². The van der Waals surface area contributed by atoms with E-state index in [1.165, 1.54) is 0 Å². The number of carbonyl (C=O) groups is 2. The molecule has 1 aromatic carbocycles. The lowest BCUT2D eigenvalue weighted by Gasteiger charge is -2.31. The van der Waals surface area contributed by atoms with Gasteiger partial charge in [-0.2, -0.15) is 0 Å². The molecule has 0 spiro atoms. The molecule has 1 atom stereocenters. The molecule has 2 N–H and O–H groups in total. The zero-order valence-electron chi connectivity index (χ0n) is 12.8. The molecule has 0 aliphatic carbocycles. The van der Waals surface area contributed by atoms with Gasteiger partial charge in [-0.3, -0.25) is 14.5 Å². The van der Waals surface area contributed by atoms with Crippen molar-refractivity contribution in [3.63, 3.8) is 0 Å². The maximum atomic E-state index is 12.1. The van der Waals surface area contributed by atoms with Crippen molar-refractivity contribution >= 4 is 17.5 Å². The number of amides is 2. The van der Waals surface area contributed by atoms with Crippen molar-refractivity contribution < 1.29 is 19.1 Å². The number of ether oxygens (including phenoxy) is 2. The smallest absolute Gasteiger partial charge is 0.250 e. The zero-order chi connectivity index (χ0) is 15.9. The molecule has 22 heavy (non-hydrogen) atoms. The van der Waals surface area contributed by atoms with Crippen LogP contribution in [-0.4, -0.2) is 63.2 Å². The summed E-state index contributed by atoms with van der Waals surface area (Å²) in [5, 5.41) is 5.38. The molecule has 1 aromatic rings. The standard InChI is InChI=1S/C15H21N3O4/c1-16-15(20)13-9-18(7-8-22-13)10-14(19)17-11-3-5-12(21-2)6-4-11/h3-6,13H,7-10H2,1-2H3,(H,16,20)(H,17,19). The zero-order valence-corrected chi connectivity index (χ0v) is 12.8. The Hall–Kier alpha value is -2.12. The third kappa shape index (κ3) is 4.44. The second-order valence-electron chi connectivity index (χ2n) is 4.99. The van der Waals surface area contributed by atoms with E-state index in [1.807, 2.05) is 4.90 Å². The van der Waals surface area contributed by atoms with Crippen molar-refractivity contribution in [3.05, 3.63) is 24.3 Å². The summed E-state index contributed by atoms with van der Waals surface area (Å²) in [4.78, 5) is 25.5. The fourth-order valence-corrected chi connectivity index (χ4v) is 2.24. The summed E-state index contributed by atoms with van der Waals surface area (Å²) in [5.74, 6) is 0.447. The average molecular weight is 307 g/mol. The molecule has 1 unspecified atom stereocenters. The number of nitrogens with zero attached hydrogens (tertiary/aromatic N) is 1. The first kappa shape index (κ1) is 16.3. The maximum Gasteiger partial charge on any atom is 0.250 e. The molecule has 0 bridgehead atoms. The SMILES string of the molecule is CNC(=O)C1CN(CC(=O)Nc2ccc(OC)cc2)CCO1. The van der Waals surface area contributed by atoms with Gasteiger partial charge in [0.05, 0.1) is 20.3 Å². The molecule has 1 saturated heterocycles. The lowest BCUT2D eigenvalue weighted by molar-refractivity contribution is -0.139. The molecule has 1 heterocycles. The summed E-state index contributed by atoms with van der Waals surface area (Å²) in [6.45, 7) is 1.70. The molecule has 7 heteroatoms. The maximum absolute atomic E-state index is 12.1. The van der Waals surface area contributed by atoms with Crippen LogP contribution in [0, 0.1) is 0 Å². The Labute approximate surface area is 129 Å². The van der Waals surface area contributed by atoms with Crippen molar-refractivity contribution in [2.45, 2.75) is 6.10 Å². The number of hydrogen-bond acceptors (Lipinski definition) is 5. The number of benzene rings is 1. The predicted octanol–water partition coefficient (Wildman–Crippen LogP) is 0.0805. The van der Waals surface area contributed by atoms with Crippen molar-refractivity contribution in [2.75, 3.05) is 45.7 Å². The van der Waals surface area contributed by atoms with Gasteiger partial charge in [0.1, 0.15) is 11.9 Å². The molecule has 2 amide bonds. The third-order valence-electron chi connectivity index (χ3n) is 3.43. The highest BCUT2D eigenvalue weighted by molar-refractivity contribution is 5.92. The van der Waals surface area contributed by atoms with E-state index < -0.39 is 6.10 Å². The second kappa shape index (κ2) is 7.77. The fourth-order valence-electron chi connectivity index (χ4n) is 2.24. The van der Waals surface area contributed by atoms with E-state index >= 15 is 0 Å². The van der Waals surface area contributed by atoms with Crippen LogP contribution in [0.5, 0.6) is 5.75 Å². The van der Waals surface area contributed by atoms with Gasteiger partial charge in [-0.05, 0) is 24.3 Å². The quantitative estimate of drug-likeness (QED) is 0.805. The topological polar surface area (TPSA) is 79.9 Å². The lowest BCUT2D eigenvalue weighted by atomic mass is 10.2. The molecule has 1 aliphatic heterocycles. The van der Waals surface area contributed by atoms with E-state index in [1.54, 1.807) is 38.4 Å². The van der Waals surface area contributed by atoms with Crippen molar-refractivity contribution in [1.29, 1.82) is 0 Å². The number of hydrogen-bond donors (Lipinski definition) is 2. The van der Waals surface area contributed by atoms with Gasteiger partial charge < -0.3 is 20.1 Å². The number of likely N-dealkylation sites (N-methyl/N-ethyl adjacent to an activating group) is 1. The third-order valence-corrected chi connectivity index (χ3v) is 3.43. The average Bonchev–Trinajstić information content (AvgIpc) is 2.55. The monoisotopic (exact) mass is 307 g/mol. The Morgan fingerprint density at radius 2 is 2.09 bits per heavy atom. The number of carbonyl (C=O) groups excluding carboxylic acids is 2. The number of anilines is 1. The van der Waals surface area contributed by atoms with Crippen LogP contribution in [0.15, 0.2) is 24.3 Å². The summed E-state index contributed by atoms with van der Waals surface area (Å²) in [5.41, 5.74) is 0.710. The minimum Gasteiger partial charge on any atom is -0.497 e. The molecular formula is C15H21N3O4. The predicted molar refractivity (Wildman–Crippen MR) is 81.9 cm³/mol. The minimum atomic E-state index is -0.521. The van der Waals surface area contributed by atoms with Gasteiger partial charge in [-0.15, -0.1) is 0 Å². The van der Waals surface area contributed by atoms with Crippen LogP contribution in [0.25, 0.3) is 0 Å². The molecule has 1 aliphatic rings. The number of morpholine rings is 1. The normalized spacial score (nSPS) is 18.5. The van der Waals surface area contributed by atoms with Crippen LogP contribution < -0.4 is 15.4 Å². The first-order valence-electron chi connectivity index (χ1n) is 7.12. The van der Waals surface area contributed by atoms with Gasteiger partial charge in [-0.25, -0.2) is 0 Å². The Kier molecular flexibility index (Phi) is 5.74. The van der Waals surface area contributed by atoms with Gasteiger partial charge >= 0.3 is 0 Å². The van der Waals surface area contributed by atoms with Gasteiger partial charge in [0, 0.05) is 25.8 Å². The van der Waals surface area contributed by atoms with E-state index in [-0.39, 0.29) is 18.4 Å². The Morgan fingerprint density at radius 1 is 1.36 bits per heavy atom. The molecule has 0 aromatic heterocycles. The van der Waals surface area contributed by atoms with Crippen molar-refractivity contribution in [3.8, 4) is 5.75 Å². The van der Waals surface area contributed by atoms with Crippen molar-refractivity contribution in [1.82, 2.24) is 10.2 Å². The first-order chi connectivity index (χ1) is 10.6. The van der Waals surface area contributed by atoms with E-state index in [0.717, 1.165) is 5.75 Å². The van der Waals surface area contributed by atoms with E-state index in [2.05, 4.69) is 10.6 Å². The number of nitrogens with one attached hydrogen (secondary N) is 2. The summed E-state index contributed by atoms with van der Waals surface area (Å²) >= 11 is 0. The summed E-state index contributed by atoms with van der Waals surface area (Å²) in [6, 6.07) is 7.13. The molecular weight excluding hydrogens is 286 g/mol. The summed E-state index contributed by atoms with van der Waals surface area (Å²) < 4.78 is 10.5. The Morgan fingerprint density at radius 3 is 2.73 bits per heavy atom. The molecule has 1 fully saturated rings. The van der Waals surface area contributed by atoms with Crippen LogP contribution in [0.3, 0.4) is 0 Å². The fraction of sp³-hybridized carbons (Fsp3) is 0.467. The Balaban J connectivity index is 1.84. The lowest BCUT2D eigenvalue weighted by Crippen LogP contribution is -2.50. The van der Waals surface area contributed by atoms with Crippen LogP contribution in [0.1, 0.15) is 0 Å². The molecule has 120 valence electrons. The largest absolute Gasteiger partial charge is 0.497 e. The summed E-state index contributed by atoms with van der Waals surface area (Å²) in [6.07, 6.45) is -0.521. The molecule has 7 nitrogen and oxygen atoms in total. The van der Waals surface area contributed by atoms with Crippen LogP contribution in [-0.2, 0) is 14.3 Å². The van der Waals surface area contributed by atoms with Crippen LogP contribution in [0.2, 0.25) is 0 Å². The molecule has 2 rings (SSSR count). The highest BCUT2D eigenvalue weighted by Gasteiger charge is 2.26. The minimum absolute atomic E-state index is 0.122. The van der Waals surface area contributed by atoms with Gasteiger partial charge in [0.2, 0.25) is 11.8 Å². The van der Waals surface area contributed by atoms with Crippen molar-refractivity contribution in [2.24, 2.45) is 0 Å². The van der Waals surface area contributed by atoms with E-state index in [9.17, 15) is 9.59 Å². The van der Waals surface area contributed by atoms with Gasteiger partial charge in [0.15, 0.2) is 0 Å². The van der Waals surface area contributed by atoms with Gasteiger partial charge in [-0.1, -0.05) is 0 Å². The molecule has 0 saturated carbocycles. The van der Waals surface area contributed by atoms with E-state index in [4.69, 9.17) is 9.47 Å².